The number of fused-ring (bicyclic) bond motifs is 1. The van der Waals surface area contributed by atoms with Gasteiger partial charge in [0.2, 0.25) is 0 Å². The average molecular weight is 575 g/mol. The Bertz CT molecular complexity index is 1210. The number of nitrogens with zero attached hydrogens (tertiary/aromatic N) is 2. The zero-order valence-corrected chi connectivity index (χ0v) is 18.4. The first-order chi connectivity index (χ1) is 12.9. The molecule has 0 aliphatic rings. The summed E-state index contributed by atoms with van der Waals surface area (Å²) < 4.78 is 29.5. The first-order valence-electron chi connectivity index (χ1n) is 7.94. The molecule has 0 amide bonds. The molecule has 3 radical (unpaired) electrons. The van der Waals surface area contributed by atoms with Gasteiger partial charge in [0.05, 0.1) is 0 Å². The van der Waals surface area contributed by atoms with Crippen LogP contribution in [-0.4, -0.2) is 41.2 Å². The first kappa shape index (κ1) is 18.2. The summed E-state index contributed by atoms with van der Waals surface area (Å²) in [6, 6.07) is 15.8. The molecule has 7 heteroatoms. The molecule has 0 fully saturated rings. The quantitative estimate of drug-likeness (QED) is 0.338. The van der Waals surface area contributed by atoms with Crippen LogP contribution in [0.3, 0.4) is 0 Å². The number of imidazole rings is 1. The molecule has 0 aliphatic carbocycles. The van der Waals surface area contributed by atoms with Crippen molar-refractivity contribution < 1.29 is 13.6 Å². The Balaban J connectivity index is 1.99. The molecule has 1 heterocycles. The van der Waals surface area contributed by atoms with Crippen LogP contribution in [0.5, 0.6) is 0 Å². The topological polar surface area (TPSA) is 34.9 Å². The monoisotopic (exact) mass is 575 g/mol. The van der Waals surface area contributed by atoms with Gasteiger partial charge >= 0.3 is 175 Å². The van der Waals surface area contributed by atoms with Gasteiger partial charge in [0.1, 0.15) is 0 Å². The molecular formula is C20H10ClF2N2OPb. The van der Waals surface area contributed by atoms with Gasteiger partial charge in [0.25, 0.3) is 0 Å². The first-order valence-corrected chi connectivity index (χ1v) is 10.3. The van der Waals surface area contributed by atoms with Crippen molar-refractivity contribution in [2.24, 2.45) is 0 Å². The minimum absolute atomic E-state index is 0.0245. The third-order valence-corrected chi connectivity index (χ3v) is 5.55. The van der Waals surface area contributed by atoms with Crippen LogP contribution in [0.1, 0.15) is 10.4 Å². The SMILES string of the molecule is O=C(c1ccc(F)c(F)c1)n1c(-c2ccc[c]([Pb])c2)nc2ccc(Cl)cc21. The van der Waals surface area contributed by atoms with Crippen LogP contribution in [0.25, 0.3) is 22.4 Å². The van der Waals surface area contributed by atoms with Crippen molar-refractivity contribution in [1.82, 2.24) is 9.55 Å². The molecule has 0 atom stereocenters. The summed E-state index contributed by atoms with van der Waals surface area (Å²) in [5.41, 5.74) is 1.89. The van der Waals surface area contributed by atoms with E-state index >= 15 is 0 Å². The fraction of sp³-hybridized carbons (Fsp3) is 0. The molecule has 0 saturated heterocycles. The molecule has 1 aromatic heterocycles. The summed E-state index contributed by atoms with van der Waals surface area (Å²) in [7, 11) is 0. The van der Waals surface area contributed by atoms with Crippen LogP contribution in [0.4, 0.5) is 8.78 Å². The summed E-state index contributed by atoms with van der Waals surface area (Å²) >= 11 is 6.96. The number of carbonyl (C=O) groups excluding carboxylic acids is 1. The number of carbonyl (C=O) groups is 1. The van der Waals surface area contributed by atoms with Crippen molar-refractivity contribution in [3.05, 3.63) is 82.9 Å². The summed E-state index contributed by atoms with van der Waals surface area (Å²) in [5.74, 6) is -2.16. The molecule has 0 N–H and O–H groups in total. The maximum absolute atomic E-state index is 13.7. The maximum atomic E-state index is 13.7. The fourth-order valence-corrected chi connectivity index (χ4v) is 4.01. The number of benzene rings is 3. The Morgan fingerprint density at radius 3 is 2.56 bits per heavy atom. The van der Waals surface area contributed by atoms with Gasteiger partial charge in [-0.3, -0.25) is 0 Å². The van der Waals surface area contributed by atoms with E-state index in [1.165, 1.54) is 10.6 Å². The van der Waals surface area contributed by atoms with E-state index in [1.54, 1.807) is 18.2 Å². The summed E-state index contributed by atoms with van der Waals surface area (Å²) in [6.45, 7) is 0. The van der Waals surface area contributed by atoms with Crippen LogP contribution in [0, 0.1) is 11.6 Å². The Morgan fingerprint density at radius 2 is 1.81 bits per heavy atom. The van der Waals surface area contributed by atoms with Crippen molar-refractivity contribution in [2.75, 3.05) is 0 Å². The molecular weight excluding hydrogens is 565 g/mol. The van der Waals surface area contributed by atoms with Crippen LogP contribution >= 0.6 is 11.6 Å². The zero-order chi connectivity index (χ0) is 19.1. The fourth-order valence-electron chi connectivity index (χ4n) is 2.86. The molecule has 131 valence electrons. The Labute approximate surface area is 174 Å². The van der Waals surface area contributed by atoms with Crippen LogP contribution < -0.4 is 3.12 Å². The van der Waals surface area contributed by atoms with Crippen LogP contribution in [0.2, 0.25) is 5.02 Å². The van der Waals surface area contributed by atoms with Crippen molar-refractivity contribution in [3.8, 4) is 11.4 Å². The molecule has 0 aliphatic heterocycles. The van der Waals surface area contributed by atoms with Crippen LogP contribution in [0.15, 0.2) is 60.7 Å². The molecule has 4 rings (SSSR count). The summed E-state index contributed by atoms with van der Waals surface area (Å²) in [6.07, 6.45) is 0. The normalized spacial score (nSPS) is 11.1. The summed E-state index contributed by atoms with van der Waals surface area (Å²) in [4.78, 5) is 17.8. The number of hydrogen-bond acceptors (Lipinski definition) is 2. The van der Waals surface area contributed by atoms with E-state index in [9.17, 15) is 13.6 Å². The predicted octanol–water partition coefficient (Wildman–Crippen LogP) is 4.12. The molecule has 3 aromatic carbocycles. The third-order valence-electron chi connectivity index (χ3n) is 4.11. The van der Waals surface area contributed by atoms with Gasteiger partial charge in [0, 0.05) is 0 Å². The Morgan fingerprint density at radius 1 is 1.00 bits per heavy atom. The molecule has 0 unspecified atom stereocenters. The molecule has 4 aromatic rings. The second-order valence-corrected chi connectivity index (χ2v) is 8.60. The average Bonchev–Trinajstić information content (AvgIpc) is 3.02. The van der Waals surface area contributed by atoms with Gasteiger partial charge in [-0.2, -0.15) is 0 Å². The van der Waals surface area contributed by atoms with Gasteiger partial charge in [-0.25, -0.2) is 0 Å². The van der Waals surface area contributed by atoms with Crippen molar-refractivity contribution in [2.45, 2.75) is 0 Å². The van der Waals surface area contributed by atoms with E-state index in [0.717, 1.165) is 46.6 Å². The van der Waals surface area contributed by atoms with Gasteiger partial charge in [-0.15, -0.1) is 0 Å². The van der Waals surface area contributed by atoms with Crippen molar-refractivity contribution in [3.63, 3.8) is 0 Å². The van der Waals surface area contributed by atoms with E-state index in [1.807, 2.05) is 24.3 Å². The number of hydrogen-bond donors (Lipinski definition) is 0. The van der Waals surface area contributed by atoms with Crippen molar-refractivity contribution >= 4 is 57.4 Å². The Hall–Kier alpha value is -2.13. The number of halogens is 3. The third kappa shape index (κ3) is 3.41. The van der Waals surface area contributed by atoms with E-state index in [2.05, 4.69) is 4.98 Å². The molecule has 3 nitrogen and oxygen atoms in total. The van der Waals surface area contributed by atoms with E-state index in [4.69, 9.17) is 11.6 Å². The van der Waals surface area contributed by atoms with Gasteiger partial charge in [0.15, 0.2) is 0 Å². The van der Waals surface area contributed by atoms with Gasteiger partial charge in [-0.1, -0.05) is 0 Å². The Kier molecular flexibility index (Phi) is 4.81. The number of rotatable bonds is 2. The molecule has 27 heavy (non-hydrogen) atoms. The minimum atomic E-state index is -1.08. The summed E-state index contributed by atoms with van der Waals surface area (Å²) in [5, 5.41) is 0.449. The zero-order valence-electron chi connectivity index (χ0n) is 13.7. The van der Waals surface area contributed by atoms with Gasteiger partial charge in [-0.05, 0) is 0 Å². The van der Waals surface area contributed by atoms with E-state index in [-0.39, 0.29) is 5.56 Å². The van der Waals surface area contributed by atoms with Crippen LogP contribution in [-0.2, 0) is 0 Å². The van der Waals surface area contributed by atoms with E-state index in [0.29, 0.717) is 21.9 Å². The molecule has 0 saturated carbocycles. The second-order valence-electron chi connectivity index (χ2n) is 5.92. The predicted molar refractivity (Wildman–Crippen MR) is 102 cm³/mol. The van der Waals surface area contributed by atoms with E-state index < -0.39 is 17.5 Å². The van der Waals surface area contributed by atoms with Gasteiger partial charge < -0.3 is 0 Å². The second kappa shape index (κ2) is 7.12. The molecule has 0 spiro atoms. The number of aromatic nitrogens is 2. The van der Waals surface area contributed by atoms with Crippen molar-refractivity contribution in [1.29, 1.82) is 0 Å². The standard InChI is InChI=1S/C20H10ClF2N2O.Pb/c21-14-7-9-17-18(11-14)25(19(24-17)12-4-2-1-3-5-12)20(26)13-6-8-15(22)16(23)10-13;/h1-2,4-11H;. The molecule has 0 bridgehead atoms.